The Balaban J connectivity index is 0. The van der Waals surface area contributed by atoms with Gasteiger partial charge in [-0.15, -0.1) is 0 Å². The molecule has 0 unspecified atom stereocenters. The van der Waals surface area contributed by atoms with Crippen LogP contribution in [0.25, 0.3) is 0 Å². The van der Waals surface area contributed by atoms with Crippen molar-refractivity contribution >= 4 is 17.4 Å². The fourth-order valence-electron chi connectivity index (χ4n) is 0. The van der Waals surface area contributed by atoms with Gasteiger partial charge in [0, 0.05) is 63.5 Å². The first kappa shape index (κ1) is 30.4. The van der Waals surface area contributed by atoms with Crippen molar-refractivity contribution in [3.05, 3.63) is 7.43 Å². The quantitative estimate of drug-likeness (QED) is 0.382. The van der Waals surface area contributed by atoms with Crippen molar-refractivity contribution in [3.63, 3.8) is 0 Å². The summed E-state index contributed by atoms with van der Waals surface area (Å²) in [5, 5.41) is 0. The Hall–Kier alpha value is 2.62. The van der Waals surface area contributed by atoms with Crippen LogP contribution < -0.4 is 0 Å². The molecule has 0 amide bonds. The summed E-state index contributed by atoms with van der Waals surface area (Å²) < 4.78 is 0. The second-order valence-corrected chi connectivity index (χ2v) is 0. The van der Waals surface area contributed by atoms with E-state index in [0.717, 1.165) is 0 Å². The summed E-state index contributed by atoms with van der Waals surface area (Å²) in [6.07, 6.45) is 0. The van der Waals surface area contributed by atoms with Crippen molar-refractivity contribution in [2.24, 2.45) is 0 Å². The predicted molar refractivity (Wildman–Crippen MR) is 16.4 cm³/mol. The maximum atomic E-state index is 0. The van der Waals surface area contributed by atoms with E-state index in [-0.39, 0.29) is 88.3 Å². The molecule has 0 aromatic carbocycles. The minimum atomic E-state index is 0. The molecule has 0 heterocycles. The molecule has 3 heteroatoms. The third-order valence-electron chi connectivity index (χ3n) is 0. The van der Waals surface area contributed by atoms with Crippen LogP contribution in [0.15, 0.2) is 0 Å². The summed E-state index contributed by atoms with van der Waals surface area (Å²) in [5.74, 6) is 0. The van der Waals surface area contributed by atoms with Gasteiger partial charge in [-0.1, -0.05) is 0 Å². The third-order valence-corrected chi connectivity index (χ3v) is 0. The van der Waals surface area contributed by atoms with Gasteiger partial charge in [0.05, 0.1) is 0 Å². The average molecular weight is 233 g/mol. The predicted octanol–water partition coefficient (Wildman–Crippen LogP) is -0.736. The molecular formula is CH6AlCeTi-. The van der Waals surface area contributed by atoms with Crippen LogP contribution in [-0.4, -0.2) is 17.4 Å². The fourth-order valence-corrected chi connectivity index (χ4v) is 0. The number of hydrogen-bond acceptors (Lipinski definition) is 0. The first-order chi connectivity index (χ1) is 0. The molecule has 0 aliphatic heterocycles. The maximum Gasteiger partial charge on any atom is 0.187 e. The summed E-state index contributed by atoms with van der Waals surface area (Å²) in [7, 11) is 0. The van der Waals surface area contributed by atoms with Gasteiger partial charge in [-0.25, -0.2) is 0 Å². The molecule has 0 bridgehead atoms. The fraction of sp³-hybridized carbons (Fsp3) is 0. The van der Waals surface area contributed by atoms with E-state index in [9.17, 15) is 0 Å². The first-order valence-electron chi connectivity index (χ1n) is 0. The molecule has 0 N–H and O–H groups in total. The zero-order valence-corrected chi connectivity index (χ0v) is 6.70. The van der Waals surface area contributed by atoms with E-state index in [1.54, 1.807) is 0 Å². The molecule has 0 radical (unpaired) electrons. The second-order valence-electron chi connectivity index (χ2n) is 0. The van der Waals surface area contributed by atoms with Crippen LogP contribution in [-0.2, 0) is 21.7 Å². The number of hydrogen-bond donors (Lipinski definition) is 0. The van der Waals surface area contributed by atoms with Crippen LogP contribution in [0.1, 0.15) is 0 Å². The van der Waals surface area contributed by atoms with Crippen molar-refractivity contribution in [2.45, 2.75) is 0 Å². The normalized spacial score (nSPS) is 0. The maximum absolute atomic E-state index is 0. The van der Waals surface area contributed by atoms with Gasteiger partial charge in [0.2, 0.25) is 0 Å². The molecule has 0 spiro atoms. The van der Waals surface area contributed by atoms with E-state index in [4.69, 9.17) is 0 Å². The minimum absolute atomic E-state index is 0. The van der Waals surface area contributed by atoms with Crippen molar-refractivity contribution < 1.29 is 63.5 Å². The molecule has 0 fully saturated rings. The summed E-state index contributed by atoms with van der Waals surface area (Å²) in [6, 6.07) is 0. The Kier molecular flexibility index (Phi) is 133. The van der Waals surface area contributed by atoms with Gasteiger partial charge in [0.15, 0.2) is 17.4 Å². The Morgan fingerprint density at radius 1 is 1.00 bits per heavy atom. The Morgan fingerprint density at radius 2 is 1.00 bits per heavy atom. The second kappa shape index (κ2) is 17.5. The topological polar surface area (TPSA) is 0 Å². The minimum Gasteiger partial charge on any atom is -0.358 e. The smallest absolute Gasteiger partial charge is 0.187 e. The van der Waals surface area contributed by atoms with Gasteiger partial charge in [-0.2, -0.15) is 0 Å². The van der Waals surface area contributed by atoms with Crippen LogP contribution in [0, 0.1) is 49.2 Å². The zero-order chi connectivity index (χ0) is 0. The number of rotatable bonds is 0. The SMILES string of the molecule is [AlH3].[CH3-].[Ce].[Ti]. The van der Waals surface area contributed by atoms with Crippen molar-refractivity contribution in [1.29, 1.82) is 0 Å². The van der Waals surface area contributed by atoms with Crippen molar-refractivity contribution in [2.75, 3.05) is 0 Å². The van der Waals surface area contributed by atoms with Gasteiger partial charge in [0.1, 0.15) is 0 Å². The molecule has 0 nitrogen and oxygen atoms in total. The molecule has 4 heavy (non-hydrogen) atoms. The van der Waals surface area contributed by atoms with Crippen LogP contribution in [0.4, 0.5) is 0 Å². The van der Waals surface area contributed by atoms with Crippen LogP contribution in [0.5, 0.6) is 0 Å². The standard InChI is InChI=1S/CH3.Al.Ce.Ti.3H/h1H3;;;;;;/q-1;;;;;;. The average Bonchev–Trinajstić information content (AvgIpc) is 0. The van der Waals surface area contributed by atoms with Crippen molar-refractivity contribution in [3.8, 4) is 0 Å². The zero-order valence-electron chi connectivity index (χ0n) is 2.00. The Bertz CT molecular complexity index is 8.00. The van der Waals surface area contributed by atoms with E-state index >= 15 is 0 Å². The molecular weight excluding hydrogens is 227 g/mol. The first-order valence-corrected chi connectivity index (χ1v) is 0. The van der Waals surface area contributed by atoms with Gasteiger partial charge in [-0.3, -0.25) is 0 Å². The van der Waals surface area contributed by atoms with E-state index in [1.165, 1.54) is 0 Å². The van der Waals surface area contributed by atoms with E-state index in [1.807, 2.05) is 0 Å². The monoisotopic (exact) mass is 233 g/mol. The van der Waals surface area contributed by atoms with Gasteiger partial charge < -0.3 is 7.43 Å². The van der Waals surface area contributed by atoms with E-state index < -0.39 is 0 Å². The van der Waals surface area contributed by atoms with Gasteiger partial charge in [-0.05, 0) is 0 Å². The molecule has 0 aliphatic carbocycles. The van der Waals surface area contributed by atoms with Crippen LogP contribution in [0.3, 0.4) is 0 Å². The summed E-state index contributed by atoms with van der Waals surface area (Å²) in [4.78, 5) is 0. The molecule has 0 atom stereocenters. The molecule has 0 aliphatic rings. The Morgan fingerprint density at radius 3 is 1.00 bits per heavy atom. The molecule has 0 rings (SSSR count). The summed E-state index contributed by atoms with van der Waals surface area (Å²) >= 11 is 0. The molecule has 22 valence electrons. The van der Waals surface area contributed by atoms with Gasteiger partial charge >= 0.3 is 0 Å². The summed E-state index contributed by atoms with van der Waals surface area (Å²) in [5.41, 5.74) is 0. The molecule has 0 saturated carbocycles. The van der Waals surface area contributed by atoms with Crippen LogP contribution in [0.2, 0.25) is 0 Å². The Labute approximate surface area is 86.5 Å². The van der Waals surface area contributed by atoms with Crippen LogP contribution >= 0.6 is 0 Å². The summed E-state index contributed by atoms with van der Waals surface area (Å²) in [6.45, 7) is 0. The largest absolute Gasteiger partial charge is 0.358 e. The van der Waals surface area contributed by atoms with E-state index in [0.29, 0.717) is 0 Å². The molecule has 0 aromatic rings. The van der Waals surface area contributed by atoms with Gasteiger partial charge in [0.25, 0.3) is 0 Å². The third kappa shape index (κ3) is 8.82. The van der Waals surface area contributed by atoms with E-state index in [2.05, 4.69) is 0 Å². The molecule has 0 saturated heterocycles. The molecule has 0 aromatic heterocycles. The van der Waals surface area contributed by atoms with Crippen molar-refractivity contribution in [1.82, 2.24) is 0 Å².